The molecule has 1 amide bonds. The van der Waals surface area contributed by atoms with Crippen LogP contribution in [0, 0.1) is 18.3 Å². The number of amides is 1. The lowest BCUT2D eigenvalue weighted by Crippen LogP contribution is -2.37. The molecule has 0 radical (unpaired) electrons. The third-order valence-corrected chi connectivity index (χ3v) is 7.41. The zero-order chi connectivity index (χ0) is 22.7. The first-order valence-corrected chi connectivity index (χ1v) is 12.3. The maximum Gasteiger partial charge on any atom is 0.270 e. The SMILES string of the molecule is CCCn1c(N2CCCCC2)c(/C=C2\SC(=S)N(C(C)CC)C2=O)c(C)c(C#N)c1=O. The molecule has 0 N–H and O–H groups in total. The van der Waals surface area contributed by atoms with Crippen molar-refractivity contribution < 1.29 is 4.79 Å². The van der Waals surface area contributed by atoms with Crippen molar-refractivity contribution >= 4 is 46.1 Å². The number of hydrogen-bond acceptors (Lipinski definition) is 6. The molecule has 0 aliphatic carbocycles. The van der Waals surface area contributed by atoms with Gasteiger partial charge in [-0.25, -0.2) is 0 Å². The second-order valence-corrected chi connectivity index (χ2v) is 9.84. The summed E-state index contributed by atoms with van der Waals surface area (Å²) in [4.78, 5) is 30.8. The van der Waals surface area contributed by atoms with Crippen LogP contribution in [0.1, 0.15) is 69.6 Å². The molecule has 166 valence electrons. The van der Waals surface area contributed by atoms with Gasteiger partial charge >= 0.3 is 0 Å². The Bertz CT molecular complexity index is 1020. The molecular weight excluding hydrogens is 428 g/mol. The second-order valence-electron chi connectivity index (χ2n) is 8.16. The predicted octanol–water partition coefficient (Wildman–Crippen LogP) is 4.43. The molecule has 2 fully saturated rings. The summed E-state index contributed by atoms with van der Waals surface area (Å²) in [6, 6.07) is 2.14. The third-order valence-electron chi connectivity index (χ3n) is 6.08. The Labute approximate surface area is 193 Å². The van der Waals surface area contributed by atoms with Gasteiger partial charge in [-0.05, 0) is 57.6 Å². The summed E-state index contributed by atoms with van der Waals surface area (Å²) in [7, 11) is 0. The summed E-state index contributed by atoms with van der Waals surface area (Å²) < 4.78 is 2.29. The van der Waals surface area contributed by atoms with Gasteiger partial charge < -0.3 is 4.90 Å². The maximum absolute atomic E-state index is 13.2. The fraction of sp³-hybridized carbons (Fsp3) is 0.565. The van der Waals surface area contributed by atoms with E-state index in [4.69, 9.17) is 12.2 Å². The van der Waals surface area contributed by atoms with E-state index in [0.717, 1.165) is 50.2 Å². The number of hydrogen-bond donors (Lipinski definition) is 0. The first kappa shape index (κ1) is 23.6. The molecule has 2 saturated heterocycles. The highest BCUT2D eigenvalue weighted by atomic mass is 32.2. The molecule has 0 aromatic carbocycles. The van der Waals surface area contributed by atoms with Gasteiger partial charge in [0.1, 0.15) is 21.8 Å². The first-order valence-electron chi connectivity index (χ1n) is 11.0. The quantitative estimate of drug-likeness (QED) is 0.464. The van der Waals surface area contributed by atoms with Crippen molar-refractivity contribution in [1.82, 2.24) is 9.47 Å². The molecule has 1 aromatic rings. The van der Waals surface area contributed by atoms with E-state index in [2.05, 4.69) is 11.0 Å². The summed E-state index contributed by atoms with van der Waals surface area (Å²) in [6.45, 7) is 10.1. The summed E-state index contributed by atoms with van der Waals surface area (Å²) >= 11 is 6.79. The van der Waals surface area contributed by atoms with Crippen LogP contribution in [0.3, 0.4) is 0 Å². The summed E-state index contributed by atoms with van der Waals surface area (Å²) in [6.07, 6.45) is 6.76. The molecule has 3 heterocycles. The molecule has 1 aromatic heterocycles. The zero-order valence-corrected chi connectivity index (χ0v) is 20.4. The fourth-order valence-electron chi connectivity index (χ4n) is 4.20. The number of pyridine rings is 1. The lowest BCUT2D eigenvalue weighted by atomic mass is 10.0. The minimum atomic E-state index is -0.244. The number of thioether (sulfide) groups is 1. The minimum Gasteiger partial charge on any atom is -0.357 e. The number of rotatable bonds is 6. The number of carbonyl (C=O) groups is 1. The van der Waals surface area contributed by atoms with E-state index < -0.39 is 0 Å². The average molecular weight is 459 g/mol. The Kier molecular flexibility index (Phi) is 7.60. The van der Waals surface area contributed by atoms with Gasteiger partial charge in [0.2, 0.25) is 0 Å². The molecule has 0 bridgehead atoms. The van der Waals surface area contributed by atoms with E-state index in [1.54, 1.807) is 9.47 Å². The predicted molar refractivity (Wildman–Crippen MR) is 131 cm³/mol. The highest BCUT2D eigenvalue weighted by molar-refractivity contribution is 8.26. The summed E-state index contributed by atoms with van der Waals surface area (Å²) in [5, 5.41) is 9.72. The zero-order valence-electron chi connectivity index (χ0n) is 18.7. The van der Waals surface area contributed by atoms with Crippen molar-refractivity contribution in [2.75, 3.05) is 18.0 Å². The summed E-state index contributed by atoms with van der Waals surface area (Å²) in [5.41, 5.74) is 1.33. The Morgan fingerprint density at radius 1 is 1.23 bits per heavy atom. The van der Waals surface area contributed by atoms with E-state index in [1.807, 2.05) is 33.8 Å². The van der Waals surface area contributed by atoms with Crippen LogP contribution in [0.4, 0.5) is 5.82 Å². The van der Waals surface area contributed by atoms with Gasteiger partial charge in [-0.3, -0.25) is 19.1 Å². The average Bonchev–Trinajstić information content (AvgIpc) is 3.05. The van der Waals surface area contributed by atoms with Gasteiger partial charge in [-0.15, -0.1) is 0 Å². The van der Waals surface area contributed by atoms with Crippen LogP contribution in [-0.4, -0.2) is 38.8 Å². The number of nitriles is 1. The Balaban J connectivity index is 2.23. The van der Waals surface area contributed by atoms with E-state index in [1.165, 1.54) is 18.2 Å². The van der Waals surface area contributed by atoms with Crippen LogP contribution in [0.2, 0.25) is 0 Å². The maximum atomic E-state index is 13.2. The topological polar surface area (TPSA) is 69.3 Å². The molecule has 1 atom stereocenters. The molecule has 2 aliphatic heterocycles. The Morgan fingerprint density at radius 2 is 1.90 bits per heavy atom. The van der Waals surface area contributed by atoms with Gasteiger partial charge in [0.05, 0.1) is 4.91 Å². The fourth-order valence-corrected chi connectivity index (χ4v) is 5.64. The van der Waals surface area contributed by atoms with Crippen molar-refractivity contribution in [3.05, 3.63) is 31.9 Å². The Morgan fingerprint density at radius 3 is 2.48 bits per heavy atom. The van der Waals surface area contributed by atoms with Crippen LogP contribution in [0.5, 0.6) is 0 Å². The van der Waals surface area contributed by atoms with E-state index in [-0.39, 0.29) is 23.1 Å². The summed E-state index contributed by atoms with van der Waals surface area (Å²) in [5.74, 6) is 0.733. The minimum absolute atomic E-state index is 0.0322. The Hall–Kier alpha value is -2.11. The van der Waals surface area contributed by atoms with Crippen LogP contribution in [0.15, 0.2) is 9.70 Å². The molecule has 3 rings (SSSR count). The number of carbonyl (C=O) groups excluding carboxylic acids is 1. The smallest absolute Gasteiger partial charge is 0.270 e. The molecule has 8 heteroatoms. The van der Waals surface area contributed by atoms with Crippen molar-refractivity contribution in [2.24, 2.45) is 0 Å². The molecule has 31 heavy (non-hydrogen) atoms. The number of anilines is 1. The van der Waals surface area contributed by atoms with Crippen LogP contribution < -0.4 is 10.5 Å². The lowest BCUT2D eigenvalue weighted by molar-refractivity contribution is -0.123. The standard InChI is InChI=1S/C23H30N4O2S2/c1-5-10-26-20(25-11-8-7-9-12-25)17(16(4)18(14-24)21(26)28)13-19-22(29)27(15(3)6-2)23(30)31-19/h13,15H,5-12H2,1-4H3/b19-13-. The van der Waals surface area contributed by atoms with Crippen molar-refractivity contribution in [3.63, 3.8) is 0 Å². The molecule has 2 aliphatic rings. The number of thiocarbonyl (C=S) groups is 1. The highest BCUT2D eigenvalue weighted by Crippen LogP contribution is 2.37. The monoisotopic (exact) mass is 458 g/mol. The molecule has 1 unspecified atom stereocenters. The van der Waals surface area contributed by atoms with Crippen LogP contribution >= 0.6 is 24.0 Å². The van der Waals surface area contributed by atoms with E-state index >= 15 is 0 Å². The third kappa shape index (κ3) is 4.44. The lowest BCUT2D eigenvalue weighted by Gasteiger charge is -2.33. The number of nitrogens with zero attached hydrogens (tertiary/aromatic N) is 4. The van der Waals surface area contributed by atoms with Gasteiger partial charge in [0.15, 0.2) is 0 Å². The van der Waals surface area contributed by atoms with Crippen molar-refractivity contribution in [1.29, 1.82) is 5.26 Å². The van der Waals surface area contributed by atoms with Gasteiger partial charge in [0, 0.05) is 31.2 Å². The molecule has 0 saturated carbocycles. The second kappa shape index (κ2) is 10.0. The number of piperidine rings is 1. The van der Waals surface area contributed by atoms with Crippen LogP contribution in [0.25, 0.3) is 6.08 Å². The van der Waals surface area contributed by atoms with Crippen molar-refractivity contribution in [3.8, 4) is 6.07 Å². The molecule has 0 spiro atoms. The van der Waals surface area contributed by atoms with Gasteiger partial charge in [-0.1, -0.05) is 37.8 Å². The first-order chi connectivity index (χ1) is 14.8. The highest BCUT2D eigenvalue weighted by Gasteiger charge is 2.35. The van der Waals surface area contributed by atoms with E-state index in [0.29, 0.717) is 21.3 Å². The normalized spacial score (nSPS) is 19.3. The largest absolute Gasteiger partial charge is 0.357 e. The number of aromatic nitrogens is 1. The van der Waals surface area contributed by atoms with Crippen LogP contribution in [-0.2, 0) is 11.3 Å². The van der Waals surface area contributed by atoms with Gasteiger partial charge in [0.25, 0.3) is 11.5 Å². The molecule has 6 nitrogen and oxygen atoms in total. The van der Waals surface area contributed by atoms with Crippen molar-refractivity contribution in [2.45, 2.75) is 72.4 Å². The van der Waals surface area contributed by atoms with E-state index in [9.17, 15) is 14.9 Å². The van der Waals surface area contributed by atoms with Gasteiger partial charge in [-0.2, -0.15) is 5.26 Å². The molecular formula is C23H30N4O2S2.